The Bertz CT molecular complexity index is 326. The zero-order valence-corrected chi connectivity index (χ0v) is 10.8. The summed E-state index contributed by atoms with van der Waals surface area (Å²) in [5.74, 6) is 2.05. The molecule has 2 N–H and O–H groups in total. The first-order valence-corrected chi connectivity index (χ1v) is 6.02. The second kappa shape index (κ2) is 7.01. The van der Waals surface area contributed by atoms with Crippen LogP contribution in [-0.4, -0.2) is 19.8 Å². The van der Waals surface area contributed by atoms with Gasteiger partial charge in [0.1, 0.15) is 0 Å². The first-order chi connectivity index (χ1) is 8.26. The Morgan fingerprint density at radius 1 is 0.882 bits per heavy atom. The third-order valence-corrected chi connectivity index (χ3v) is 2.20. The Balaban J connectivity index is 3.16. The molecule has 17 heavy (non-hydrogen) atoms. The van der Waals surface area contributed by atoms with Gasteiger partial charge in [0.25, 0.3) is 0 Å². The van der Waals surface area contributed by atoms with Crippen molar-refractivity contribution < 1.29 is 14.2 Å². The molecule has 0 saturated carbocycles. The van der Waals surface area contributed by atoms with Crippen LogP contribution in [0.15, 0.2) is 12.1 Å². The highest BCUT2D eigenvalue weighted by atomic mass is 16.5. The van der Waals surface area contributed by atoms with E-state index in [1.54, 1.807) is 0 Å². The number of rotatable bonds is 7. The topological polar surface area (TPSA) is 53.7 Å². The highest BCUT2D eigenvalue weighted by Gasteiger charge is 2.14. The molecule has 0 fully saturated rings. The van der Waals surface area contributed by atoms with Crippen LogP contribution >= 0.6 is 0 Å². The molecule has 0 aliphatic heterocycles. The van der Waals surface area contributed by atoms with Crippen molar-refractivity contribution in [2.24, 2.45) is 5.73 Å². The van der Waals surface area contributed by atoms with E-state index in [0.717, 1.165) is 5.56 Å². The van der Waals surface area contributed by atoms with Gasteiger partial charge in [-0.15, -0.1) is 0 Å². The van der Waals surface area contributed by atoms with E-state index in [-0.39, 0.29) is 0 Å². The minimum Gasteiger partial charge on any atom is -0.490 e. The van der Waals surface area contributed by atoms with Gasteiger partial charge in [-0.05, 0) is 38.5 Å². The molecule has 0 atom stereocenters. The zero-order chi connectivity index (χ0) is 12.7. The number of benzene rings is 1. The fourth-order valence-electron chi connectivity index (χ4n) is 1.56. The zero-order valence-electron chi connectivity index (χ0n) is 10.8. The molecular weight excluding hydrogens is 218 g/mol. The van der Waals surface area contributed by atoms with Crippen molar-refractivity contribution in [2.45, 2.75) is 27.3 Å². The van der Waals surface area contributed by atoms with Crippen LogP contribution in [0.2, 0.25) is 0 Å². The predicted molar refractivity (Wildman–Crippen MR) is 67.8 cm³/mol. The molecule has 0 radical (unpaired) electrons. The van der Waals surface area contributed by atoms with Crippen LogP contribution in [-0.2, 0) is 6.54 Å². The first-order valence-electron chi connectivity index (χ1n) is 6.02. The Hall–Kier alpha value is -1.42. The summed E-state index contributed by atoms with van der Waals surface area (Å²) >= 11 is 0. The van der Waals surface area contributed by atoms with Crippen molar-refractivity contribution in [3.05, 3.63) is 17.7 Å². The number of nitrogens with two attached hydrogens (primary N) is 1. The fourth-order valence-corrected chi connectivity index (χ4v) is 1.56. The normalized spacial score (nSPS) is 10.1. The van der Waals surface area contributed by atoms with Crippen molar-refractivity contribution in [1.82, 2.24) is 0 Å². The van der Waals surface area contributed by atoms with Crippen molar-refractivity contribution in [3.63, 3.8) is 0 Å². The average Bonchev–Trinajstić information content (AvgIpc) is 2.33. The van der Waals surface area contributed by atoms with Gasteiger partial charge in [-0.3, -0.25) is 0 Å². The summed E-state index contributed by atoms with van der Waals surface area (Å²) in [6.07, 6.45) is 0. The molecule has 0 saturated heterocycles. The van der Waals surface area contributed by atoms with Gasteiger partial charge in [0.05, 0.1) is 19.8 Å². The largest absolute Gasteiger partial charge is 0.490 e. The van der Waals surface area contributed by atoms with Crippen molar-refractivity contribution in [1.29, 1.82) is 0 Å². The smallest absolute Gasteiger partial charge is 0.203 e. The predicted octanol–water partition coefficient (Wildman–Crippen LogP) is 2.34. The van der Waals surface area contributed by atoms with Crippen LogP contribution in [0.5, 0.6) is 17.2 Å². The van der Waals surface area contributed by atoms with E-state index < -0.39 is 0 Å². The Kier molecular flexibility index (Phi) is 5.63. The van der Waals surface area contributed by atoms with E-state index >= 15 is 0 Å². The summed E-state index contributed by atoms with van der Waals surface area (Å²) in [4.78, 5) is 0. The molecule has 0 aromatic heterocycles. The van der Waals surface area contributed by atoms with E-state index in [4.69, 9.17) is 19.9 Å². The SMILES string of the molecule is CCOc1cc(CN)cc(OCC)c1OCC. The van der Waals surface area contributed by atoms with E-state index in [9.17, 15) is 0 Å². The van der Waals surface area contributed by atoms with Gasteiger partial charge in [-0.2, -0.15) is 0 Å². The van der Waals surface area contributed by atoms with E-state index in [0.29, 0.717) is 43.6 Å². The summed E-state index contributed by atoms with van der Waals surface area (Å²) in [5.41, 5.74) is 6.62. The molecule has 0 unspecified atom stereocenters. The molecule has 0 heterocycles. The van der Waals surface area contributed by atoms with E-state index in [2.05, 4.69) is 0 Å². The second-order valence-corrected chi connectivity index (χ2v) is 3.42. The lowest BCUT2D eigenvalue weighted by Gasteiger charge is -2.16. The molecule has 1 aromatic carbocycles. The molecule has 0 aliphatic rings. The molecule has 96 valence electrons. The van der Waals surface area contributed by atoms with Crippen molar-refractivity contribution >= 4 is 0 Å². The first kappa shape index (κ1) is 13.6. The summed E-state index contributed by atoms with van der Waals surface area (Å²) < 4.78 is 16.7. The van der Waals surface area contributed by atoms with E-state index in [1.807, 2.05) is 32.9 Å². The quantitative estimate of drug-likeness (QED) is 0.793. The average molecular weight is 239 g/mol. The Morgan fingerprint density at radius 3 is 1.71 bits per heavy atom. The van der Waals surface area contributed by atoms with Gasteiger partial charge in [-0.1, -0.05) is 0 Å². The summed E-state index contributed by atoms with van der Waals surface area (Å²) in [6, 6.07) is 3.80. The highest BCUT2D eigenvalue weighted by Crippen LogP contribution is 2.38. The molecule has 4 heteroatoms. The lowest BCUT2D eigenvalue weighted by atomic mass is 10.2. The molecule has 0 amide bonds. The van der Waals surface area contributed by atoms with Crippen LogP contribution in [0.4, 0.5) is 0 Å². The lowest BCUT2D eigenvalue weighted by molar-refractivity contribution is 0.260. The highest BCUT2D eigenvalue weighted by molar-refractivity contribution is 5.54. The minimum atomic E-state index is 0.451. The minimum absolute atomic E-state index is 0.451. The summed E-state index contributed by atoms with van der Waals surface area (Å²) in [7, 11) is 0. The van der Waals surface area contributed by atoms with Gasteiger partial charge < -0.3 is 19.9 Å². The van der Waals surface area contributed by atoms with Gasteiger partial charge in [0.2, 0.25) is 5.75 Å². The molecular formula is C13H21NO3. The van der Waals surface area contributed by atoms with Gasteiger partial charge >= 0.3 is 0 Å². The third-order valence-electron chi connectivity index (χ3n) is 2.20. The van der Waals surface area contributed by atoms with E-state index in [1.165, 1.54) is 0 Å². The monoisotopic (exact) mass is 239 g/mol. The summed E-state index contributed by atoms with van der Waals surface area (Å²) in [5, 5.41) is 0. The second-order valence-electron chi connectivity index (χ2n) is 3.42. The fraction of sp³-hybridized carbons (Fsp3) is 0.538. The molecule has 4 nitrogen and oxygen atoms in total. The van der Waals surface area contributed by atoms with Gasteiger partial charge in [-0.25, -0.2) is 0 Å². The van der Waals surface area contributed by atoms with Crippen molar-refractivity contribution in [3.8, 4) is 17.2 Å². The molecule has 1 rings (SSSR count). The number of hydrogen-bond acceptors (Lipinski definition) is 4. The standard InChI is InChI=1S/C13H21NO3/c1-4-15-11-7-10(9-14)8-12(16-5-2)13(11)17-6-3/h7-8H,4-6,9,14H2,1-3H3. The molecule has 0 spiro atoms. The molecule has 0 bridgehead atoms. The maximum absolute atomic E-state index is 5.65. The third kappa shape index (κ3) is 3.53. The van der Waals surface area contributed by atoms with Gasteiger partial charge in [0.15, 0.2) is 11.5 Å². The van der Waals surface area contributed by atoms with Crippen molar-refractivity contribution in [2.75, 3.05) is 19.8 Å². The lowest BCUT2D eigenvalue weighted by Crippen LogP contribution is -2.05. The number of hydrogen-bond donors (Lipinski definition) is 1. The maximum Gasteiger partial charge on any atom is 0.203 e. The molecule has 0 aliphatic carbocycles. The van der Waals surface area contributed by atoms with Gasteiger partial charge in [0, 0.05) is 6.54 Å². The number of ether oxygens (including phenoxy) is 3. The Labute approximate surface area is 103 Å². The van der Waals surface area contributed by atoms with Crippen LogP contribution in [0, 0.1) is 0 Å². The van der Waals surface area contributed by atoms with Crippen LogP contribution in [0.3, 0.4) is 0 Å². The van der Waals surface area contributed by atoms with Crippen LogP contribution in [0.25, 0.3) is 0 Å². The summed E-state index contributed by atoms with van der Waals surface area (Å²) in [6.45, 7) is 7.99. The Morgan fingerprint density at radius 2 is 1.35 bits per heavy atom. The van der Waals surface area contributed by atoms with Crippen LogP contribution in [0.1, 0.15) is 26.3 Å². The van der Waals surface area contributed by atoms with Crippen LogP contribution < -0.4 is 19.9 Å². The molecule has 1 aromatic rings. The maximum atomic E-state index is 5.65.